The van der Waals surface area contributed by atoms with Crippen LogP contribution in [0.15, 0.2) is 35.3 Å². The van der Waals surface area contributed by atoms with Gasteiger partial charge in [-0.3, -0.25) is 4.79 Å². The van der Waals surface area contributed by atoms with Crippen LogP contribution in [0, 0.1) is 12.7 Å². The first-order valence-electron chi connectivity index (χ1n) is 7.41. The first kappa shape index (κ1) is 18.7. The summed E-state index contributed by atoms with van der Waals surface area (Å²) in [5.41, 5.74) is 2.32. The monoisotopic (exact) mass is 320 g/mol. The molecule has 6 heteroatoms. The van der Waals surface area contributed by atoms with E-state index in [0.29, 0.717) is 24.6 Å². The Balaban J connectivity index is 2.74. The molecule has 0 fully saturated rings. The molecule has 1 rings (SSSR count). The third-order valence-electron chi connectivity index (χ3n) is 3.12. The fourth-order valence-corrected chi connectivity index (χ4v) is 1.63. The highest BCUT2D eigenvalue weighted by Crippen LogP contribution is 2.09. The number of carbonyl (C=O) groups is 1. The van der Waals surface area contributed by atoms with Crippen LogP contribution in [0.3, 0.4) is 0 Å². The number of aliphatic imine (C=N–C) groups is 1. The van der Waals surface area contributed by atoms with Gasteiger partial charge < -0.3 is 15.5 Å². The molecule has 126 valence electrons. The number of carbonyl (C=O) groups excluding carboxylic acids is 1. The van der Waals surface area contributed by atoms with Crippen molar-refractivity contribution in [2.24, 2.45) is 4.99 Å². The average molecular weight is 320 g/mol. The number of hydrogen-bond donors (Lipinski definition) is 2. The second-order valence-electron chi connectivity index (χ2n) is 5.70. The van der Waals surface area contributed by atoms with Crippen LogP contribution >= 0.6 is 0 Å². The van der Waals surface area contributed by atoms with Gasteiger partial charge in [0.1, 0.15) is 5.82 Å². The molecule has 1 amide bonds. The molecule has 0 spiro atoms. The molecule has 0 aliphatic carbocycles. The van der Waals surface area contributed by atoms with E-state index in [4.69, 9.17) is 0 Å². The van der Waals surface area contributed by atoms with Gasteiger partial charge in [0.05, 0.1) is 13.1 Å². The van der Waals surface area contributed by atoms with Crippen LogP contribution in [0.1, 0.15) is 18.1 Å². The molecule has 0 heterocycles. The van der Waals surface area contributed by atoms with E-state index in [1.807, 2.05) is 13.0 Å². The van der Waals surface area contributed by atoms with E-state index in [1.165, 1.54) is 11.0 Å². The number of guanidine groups is 1. The molecule has 0 saturated heterocycles. The molecule has 0 aliphatic rings. The molecular formula is C17H25FN4O. The summed E-state index contributed by atoms with van der Waals surface area (Å²) in [6.07, 6.45) is 0. The number of likely N-dealkylation sites (N-methyl/N-ethyl adjacent to an activating group) is 1. The third kappa shape index (κ3) is 6.95. The van der Waals surface area contributed by atoms with E-state index in [0.717, 1.165) is 11.1 Å². The second-order valence-corrected chi connectivity index (χ2v) is 5.70. The van der Waals surface area contributed by atoms with Crippen LogP contribution in [0.25, 0.3) is 0 Å². The zero-order valence-corrected chi connectivity index (χ0v) is 14.2. The van der Waals surface area contributed by atoms with Crippen molar-refractivity contribution in [2.75, 3.05) is 27.2 Å². The zero-order valence-electron chi connectivity index (χ0n) is 14.2. The van der Waals surface area contributed by atoms with Crippen molar-refractivity contribution in [2.45, 2.75) is 20.4 Å². The normalized spacial score (nSPS) is 11.1. The maximum atomic E-state index is 13.6. The van der Waals surface area contributed by atoms with Gasteiger partial charge in [0.2, 0.25) is 5.91 Å². The molecule has 0 unspecified atom stereocenters. The number of amides is 1. The lowest BCUT2D eigenvalue weighted by Gasteiger charge is -2.15. The van der Waals surface area contributed by atoms with Gasteiger partial charge >= 0.3 is 0 Å². The molecule has 23 heavy (non-hydrogen) atoms. The largest absolute Gasteiger partial charge is 0.353 e. The van der Waals surface area contributed by atoms with Gasteiger partial charge in [-0.05, 0) is 31.0 Å². The Bertz CT molecular complexity index is 596. The van der Waals surface area contributed by atoms with Gasteiger partial charge in [-0.2, -0.15) is 0 Å². The van der Waals surface area contributed by atoms with Gasteiger partial charge in [0.15, 0.2) is 5.96 Å². The van der Waals surface area contributed by atoms with Crippen molar-refractivity contribution in [3.63, 3.8) is 0 Å². The molecule has 2 N–H and O–H groups in total. The first-order chi connectivity index (χ1) is 10.8. The lowest BCUT2D eigenvalue weighted by Crippen LogP contribution is -2.43. The van der Waals surface area contributed by atoms with Crippen molar-refractivity contribution in [3.8, 4) is 0 Å². The Morgan fingerprint density at radius 1 is 1.30 bits per heavy atom. The highest BCUT2D eigenvalue weighted by atomic mass is 19.1. The molecule has 0 atom stereocenters. The van der Waals surface area contributed by atoms with Crippen LogP contribution in [0.4, 0.5) is 4.39 Å². The van der Waals surface area contributed by atoms with E-state index in [-0.39, 0.29) is 18.3 Å². The number of halogens is 1. The lowest BCUT2D eigenvalue weighted by atomic mass is 10.1. The number of nitrogens with zero attached hydrogens (tertiary/aromatic N) is 2. The fraction of sp³-hybridized carbons (Fsp3) is 0.412. The number of benzene rings is 1. The molecular weight excluding hydrogens is 295 g/mol. The number of hydrogen-bond acceptors (Lipinski definition) is 2. The summed E-state index contributed by atoms with van der Waals surface area (Å²) in [6.45, 7) is 8.43. The standard InChI is InChI=1S/C17H25FN4O/c1-12(2)9-19-17(21-11-16(23)22(4)5)20-10-14-7-6-13(3)15(18)8-14/h6-8H,1,9-11H2,2-5H3,(H2,19,20,21). The van der Waals surface area contributed by atoms with E-state index < -0.39 is 0 Å². The van der Waals surface area contributed by atoms with Gasteiger partial charge in [-0.25, -0.2) is 9.38 Å². The Morgan fingerprint density at radius 2 is 1.96 bits per heavy atom. The molecule has 1 aromatic carbocycles. The highest BCUT2D eigenvalue weighted by molar-refractivity contribution is 5.86. The lowest BCUT2D eigenvalue weighted by molar-refractivity contribution is -0.127. The maximum Gasteiger partial charge on any atom is 0.241 e. The number of aryl methyl sites for hydroxylation is 1. The van der Waals surface area contributed by atoms with Gasteiger partial charge in [-0.15, -0.1) is 0 Å². The van der Waals surface area contributed by atoms with E-state index in [2.05, 4.69) is 22.2 Å². The Labute approximate surface area is 137 Å². The summed E-state index contributed by atoms with van der Waals surface area (Å²) >= 11 is 0. The van der Waals surface area contributed by atoms with Crippen molar-refractivity contribution >= 4 is 11.9 Å². The van der Waals surface area contributed by atoms with Crippen molar-refractivity contribution in [3.05, 3.63) is 47.3 Å². The summed E-state index contributed by atoms with van der Waals surface area (Å²) in [7, 11) is 3.38. The predicted molar refractivity (Wildman–Crippen MR) is 91.8 cm³/mol. The molecule has 1 aromatic rings. The summed E-state index contributed by atoms with van der Waals surface area (Å²) in [5, 5.41) is 6.05. The van der Waals surface area contributed by atoms with Crippen LogP contribution in [0.5, 0.6) is 0 Å². The van der Waals surface area contributed by atoms with Gasteiger partial charge in [0.25, 0.3) is 0 Å². The minimum absolute atomic E-state index is 0.0591. The van der Waals surface area contributed by atoms with Crippen molar-refractivity contribution < 1.29 is 9.18 Å². The summed E-state index contributed by atoms with van der Waals surface area (Å²) in [6, 6.07) is 5.04. The maximum absolute atomic E-state index is 13.6. The summed E-state index contributed by atoms with van der Waals surface area (Å²) in [5.74, 6) is 0.185. The van der Waals surface area contributed by atoms with Gasteiger partial charge in [-0.1, -0.05) is 24.3 Å². The quantitative estimate of drug-likeness (QED) is 0.478. The Hall–Kier alpha value is -2.37. The fourth-order valence-electron chi connectivity index (χ4n) is 1.63. The second kappa shape index (κ2) is 8.92. The Morgan fingerprint density at radius 3 is 2.52 bits per heavy atom. The van der Waals surface area contributed by atoms with Crippen LogP contribution in [-0.4, -0.2) is 44.0 Å². The predicted octanol–water partition coefficient (Wildman–Crippen LogP) is 1.83. The number of nitrogens with one attached hydrogen (secondary N) is 2. The van der Waals surface area contributed by atoms with E-state index >= 15 is 0 Å². The summed E-state index contributed by atoms with van der Waals surface area (Å²) in [4.78, 5) is 17.5. The minimum atomic E-state index is -0.245. The van der Waals surface area contributed by atoms with Crippen LogP contribution in [0.2, 0.25) is 0 Å². The van der Waals surface area contributed by atoms with Gasteiger partial charge in [0, 0.05) is 20.6 Å². The third-order valence-corrected chi connectivity index (χ3v) is 3.12. The molecule has 0 radical (unpaired) electrons. The van der Waals surface area contributed by atoms with E-state index in [9.17, 15) is 9.18 Å². The van der Waals surface area contributed by atoms with Crippen LogP contribution in [-0.2, 0) is 11.3 Å². The smallest absolute Gasteiger partial charge is 0.241 e. The van der Waals surface area contributed by atoms with Crippen molar-refractivity contribution in [1.29, 1.82) is 0 Å². The first-order valence-corrected chi connectivity index (χ1v) is 7.41. The summed E-state index contributed by atoms with van der Waals surface area (Å²) < 4.78 is 13.6. The molecule has 0 saturated carbocycles. The SMILES string of the molecule is C=C(C)CNC(=NCc1ccc(C)c(F)c1)NCC(=O)N(C)C. The number of rotatable bonds is 6. The van der Waals surface area contributed by atoms with Crippen LogP contribution < -0.4 is 10.6 Å². The Kier molecular flexibility index (Phi) is 7.25. The highest BCUT2D eigenvalue weighted by Gasteiger charge is 2.06. The molecule has 0 bridgehead atoms. The van der Waals surface area contributed by atoms with E-state index in [1.54, 1.807) is 27.1 Å². The molecule has 0 aliphatic heterocycles. The van der Waals surface area contributed by atoms with Crippen molar-refractivity contribution in [1.82, 2.24) is 15.5 Å². The topological polar surface area (TPSA) is 56.7 Å². The zero-order chi connectivity index (χ0) is 17.4. The minimum Gasteiger partial charge on any atom is -0.353 e. The molecule has 0 aromatic heterocycles. The molecule has 5 nitrogen and oxygen atoms in total. The average Bonchev–Trinajstić information content (AvgIpc) is 2.49.